The molecule has 0 spiro atoms. The van der Waals surface area contributed by atoms with Gasteiger partial charge in [-0.3, -0.25) is 4.79 Å². The van der Waals surface area contributed by atoms with Crippen LogP contribution >= 0.6 is 0 Å². The zero-order valence-electron chi connectivity index (χ0n) is 22.1. The van der Waals surface area contributed by atoms with Gasteiger partial charge in [0.2, 0.25) is 5.91 Å². The molecule has 0 saturated carbocycles. The van der Waals surface area contributed by atoms with Crippen molar-refractivity contribution in [1.29, 1.82) is 0 Å². The maximum Gasteiger partial charge on any atom is 0.322 e. The van der Waals surface area contributed by atoms with Gasteiger partial charge < -0.3 is 33.7 Å². The number of rotatable bonds is 11. The summed E-state index contributed by atoms with van der Waals surface area (Å²) in [6.45, 7) is 3.40. The van der Waals surface area contributed by atoms with Crippen LogP contribution in [0.2, 0.25) is 0 Å². The van der Waals surface area contributed by atoms with Crippen molar-refractivity contribution in [3.63, 3.8) is 0 Å². The monoisotopic (exact) mass is 521 g/mol. The molecule has 9 heteroatoms. The van der Waals surface area contributed by atoms with E-state index in [1.54, 1.807) is 37.3 Å². The number of nitrogens with zero attached hydrogens (tertiary/aromatic N) is 2. The van der Waals surface area contributed by atoms with Crippen molar-refractivity contribution in [3.8, 4) is 11.5 Å². The summed E-state index contributed by atoms with van der Waals surface area (Å²) in [5, 5.41) is 2.89. The van der Waals surface area contributed by atoms with Crippen LogP contribution < -0.4 is 14.8 Å². The molecular formula is C29H35N3O6. The van der Waals surface area contributed by atoms with Gasteiger partial charge in [-0.25, -0.2) is 4.79 Å². The molecule has 2 aromatic carbocycles. The van der Waals surface area contributed by atoms with E-state index in [1.807, 2.05) is 49.4 Å². The Labute approximate surface area is 223 Å². The molecule has 0 bridgehead atoms. The van der Waals surface area contributed by atoms with E-state index in [2.05, 4.69) is 5.32 Å². The Morgan fingerprint density at radius 1 is 0.974 bits per heavy atom. The molecule has 1 aliphatic rings. The lowest BCUT2D eigenvalue weighted by molar-refractivity contribution is -0.133. The van der Waals surface area contributed by atoms with Crippen molar-refractivity contribution in [3.05, 3.63) is 77.7 Å². The van der Waals surface area contributed by atoms with E-state index in [1.165, 1.54) is 4.90 Å². The third-order valence-corrected chi connectivity index (χ3v) is 6.38. The zero-order chi connectivity index (χ0) is 26.9. The Morgan fingerprint density at radius 2 is 1.71 bits per heavy atom. The lowest BCUT2D eigenvalue weighted by atomic mass is 10.2. The summed E-state index contributed by atoms with van der Waals surface area (Å²) >= 11 is 0. The van der Waals surface area contributed by atoms with Crippen molar-refractivity contribution in [2.75, 3.05) is 39.2 Å². The molecule has 0 aliphatic carbocycles. The number of hydrogen-bond donors (Lipinski definition) is 1. The average Bonchev–Trinajstić information content (AvgIpc) is 3.59. The molecule has 9 nitrogen and oxygen atoms in total. The number of anilines is 1. The summed E-state index contributed by atoms with van der Waals surface area (Å²) in [4.78, 5) is 30.4. The number of hydrogen-bond acceptors (Lipinski definition) is 6. The van der Waals surface area contributed by atoms with E-state index in [0.29, 0.717) is 49.2 Å². The number of benzene rings is 2. The second-order valence-corrected chi connectivity index (χ2v) is 9.29. The van der Waals surface area contributed by atoms with Crippen molar-refractivity contribution in [1.82, 2.24) is 9.80 Å². The molecule has 38 heavy (non-hydrogen) atoms. The zero-order valence-corrected chi connectivity index (χ0v) is 22.1. The highest BCUT2D eigenvalue weighted by molar-refractivity contribution is 5.92. The fourth-order valence-corrected chi connectivity index (χ4v) is 4.39. The SMILES string of the molecule is COc1cc(NC(=O)N(CC(=O)N(Cc2ccccc2)Cc2ccc(C)o2)CC2CCCO2)cc(OC)c1. The second-order valence-electron chi connectivity index (χ2n) is 9.29. The smallest absolute Gasteiger partial charge is 0.322 e. The number of amides is 3. The standard InChI is InChI=1S/C29H35N3O6/c1-21-11-12-25(38-21)19-31(17-22-8-5-4-6-9-22)28(33)20-32(18-24-10-7-13-37-24)29(34)30-23-14-26(35-2)16-27(15-23)36-3/h4-6,8-9,11-12,14-16,24H,7,10,13,17-20H2,1-3H3,(H,30,34). The topological polar surface area (TPSA) is 93.5 Å². The summed E-state index contributed by atoms with van der Waals surface area (Å²) in [7, 11) is 3.09. The number of aryl methyl sites for hydroxylation is 1. The molecule has 1 fully saturated rings. The van der Waals surface area contributed by atoms with E-state index in [4.69, 9.17) is 18.6 Å². The molecule has 1 aromatic heterocycles. The minimum atomic E-state index is -0.405. The summed E-state index contributed by atoms with van der Waals surface area (Å²) in [6.07, 6.45) is 1.65. The molecule has 3 aromatic rings. The number of furan rings is 1. The third kappa shape index (κ3) is 7.52. The number of urea groups is 1. The van der Waals surface area contributed by atoms with Crippen molar-refractivity contribution in [2.24, 2.45) is 0 Å². The third-order valence-electron chi connectivity index (χ3n) is 6.38. The van der Waals surface area contributed by atoms with E-state index in [0.717, 1.165) is 24.2 Å². The predicted molar refractivity (Wildman–Crippen MR) is 143 cm³/mol. The van der Waals surface area contributed by atoms with Gasteiger partial charge in [-0.2, -0.15) is 0 Å². The van der Waals surface area contributed by atoms with Gasteiger partial charge in [-0.05, 0) is 37.5 Å². The Kier molecular flexibility index (Phi) is 9.26. The molecule has 4 rings (SSSR count). The number of carbonyl (C=O) groups excluding carboxylic acids is 2. The van der Waals surface area contributed by atoms with Gasteiger partial charge >= 0.3 is 6.03 Å². The molecular weight excluding hydrogens is 486 g/mol. The largest absolute Gasteiger partial charge is 0.497 e. The van der Waals surface area contributed by atoms with Gasteiger partial charge in [-0.15, -0.1) is 0 Å². The lowest BCUT2D eigenvalue weighted by Crippen LogP contribution is -2.46. The minimum Gasteiger partial charge on any atom is -0.497 e. The van der Waals surface area contributed by atoms with Crippen LogP contribution in [0.4, 0.5) is 10.5 Å². The van der Waals surface area contributed by atoms with Gasteiger partial charge in [0.25, 0.3) is 0 Å². The first-order valence-corrected chi connectivity index (χ1v) is 12.7. The molecule has 2 heterocycles. The number of ether oxygens (including phenoxy) is 3. The number of methoxy groups -OCH3 is 2. The Hall–Kier alpha value is -3.98. The van der Waals surface area contributed by atoms with Crippen molar-refractivity contribution >= 4 is 17.6 Å². The van der Waals surface area contributed by atoms with Gasteiger partial charge in [0.1, 0.15) is 29.6 Å². The van der Waals surface area contributed by atoms with E-state index >= 15 is 0 Å². The van der Waals surface area contributed by atoms with Crippen molar-refractivity contribution < 1.29 is 28.2 Å². The average molecular weight is 522 g/mol. The predicted octanol–water partition coefficient (Wildman–Crippen LogP) is 4.85. The first-order chi connectivity index (χ1) is 18.4. The molecule has 0 radical (unpaired) electrons. The quantitative estimate of drug-likeness (QED) is 0.388. The van der Waals surface area contributed by atoms with Crippen LogP contribution in [0.25, 0.3) is 0 Å². The van der Waals surface area contributed by atoms with Crippen LogP contribution in [0.15, 0.2) is 65.1 Å². The van der Waals surface area contributed by atoms with Crippen LogP contribution in [-0.4, -0.2) is 61.8 Å². The fourth-order valence-electron chi connectivity index (χ4n) is 4.39. The fraction of sp³-hybridized carbons (Fsp3) is 0.379. The van der Waals surface area contributed by atoms with Crippen molar-refractivity contribution in [2.45, 2.75) is 39.0 Å². The highest BCUT2D eigenvalue weighted by atomic mass is 16.5. The first-order valence-electron chi connectivity index (χ1n) is 12.7. The van der Waals surface area contributed by atoms with Gasteiger partial charge in [-0.1, -0.05) is 30.3 Å². The molecule has 202 valence electrons. The summed E-state index contributed by atoms with van der Waals surface area (Å²) in [5.74, 6) is 2.36. The van der Waals surface area contributed by atoms with Crippen LogP contribution in [0.3, 0.4) is 0 Å². The van der Waals surface area contributed by atoms with E-state index in [-0.39, 0.29) is 18.6 Å². The molecule has 1 unspecified atom stereocenters. The Bertz CT molecular complexity index is 1180. The molecule has 1 N–H and O–H groups in total. The van der Waals surface area contributed by atoms with Crippen LogP contribution in [0.1, 0.15) is 29.9 Å². The Balaban J connectivity index is 1.53. The Morgan fingerprint density at radius 3 is 2.32 bits per heavy atom. The molecule has 1 atom stereocenters. The summed E-state index contributed by atoms with van der Waals surface area (Å²) in [5.41, 5.74) is 1.49. The van der Waals surface area contributed by atoms with Gasteiger partial charge in [0.05, 0.1) is 26.9 Å². The summed E-state index contributed by atoms with van der Waals surface area (Å²) < 4.78 is 22.2. The minimum absolute atomic E-state index is 0.112. The molecule has 3 amide bonds. The van der Waals surface area contributed by atoms with Gasteiger partial charge in [0, 0.05) is 43.6 Å². The summed E-state index contributed by atoms with van der Waals surface area (Å²) in [6, 6.07) is 18.2. The first kappa shape index (κ1) is 27.1. The van der Waals surface area contributed by atoms with E-state index in [9.17, 15) is 9.59 Å². The number of nitrogens with one attached hydrogen (secondary N) is 1. The van der Waals surface area contributed by atoms with Crippen LogP contribution in [0.5, 0.6) is 11.5 Å². The maximum atomic E-state index is 13.7. The van der Waals surface area contributed by atoms with Crippen LogP contribution in [-0.2, 0) is 22.6 Å². The van der Waals surface area contributed by atoms with E-state index < -0.39 is 6.03 Å². The normalized spacial score (nSPS) is 14.7. The van der Waals surface area contributed by atoms with Gasteiger partial charge in [0.15, 0.2) is 0 Å². The molecule has 1 saturated heterocycles. The highest BCUT2D eigenvalue weighted by Crippen LogP contribution is 2.26. The van der Waals surface area contributed by atoms with Crippen LogP contribution in [0, 0.1) is 6.92 Å². The maximum absolute atomic E-state index is 13.7. The number of carbonyl (C=O) groups is 2. The lowest BCUT2D eigenvalue weighted by Gasteiger charge is -2.29. The highest BCUT2D eigenvalue weighted by Gasteiger charge is 2.27. The second kappa shape index (κ2) is 13.0. The molecule has 1 aliphatic heterocycles.